The van der Waals surface area contributed by atoms with Crippen LogP contribution in [-0.4, -0.2) is 57.3 Å². The second-order valence-electron chi connectivity index (χ2n) is 6.61. The molecule has 26 heavy (non-hydrogen) atoms. The maximum Gasteiger partial charge on any atom is 0.401 e. The molecule has 1 aliphatic rings. The number of likely N-dealkylation sites (tertiary alicyclic amines) is 1. The molecule has 0 radical (unpaired) electrons. The number of piperidine rings is 1. The van der Waals surface area contributed by atoms with Crippen LogP contribution in [0.15, 0.2) is 23.1 Å². The first kappa shape index (κ1) is 20.7. The molecule has 0 aromatic heterocycles. The maximum atomic E-state index is 12.5. The number of rotatable bonds is 5. The molecule has 2 rings (SSSR count). The molecule has 1 saturated heterocycles. The molecule has 1 unspecified atom stereocenters. The number of hydrogen-bond donors (Lipinski definition) is 1. The van der Waals surface area contributed by atoms with E-state index in [1.165, 1.54) is 11.0 Å². The predicted octanol–water partition coefficient (Wildman–Crippen LogP) is 2.41. The molecular weight excluding hydrogens is 369 g/mol. The standard InChI is InChI=1S/C17H23F3N2O3S/c1-3-12-6-7-13(9-15(12)26(2,24)25)16(23)21-14-5-4-8-22(10-14)11-17(18,19)20/h6-7,9,14H,3-5,8,10-11H2,1-2H3,(H,21,23). The molecular formula is C17H23F3N2O3S. The summed E-state index contributed by atoms with van der Waals surface area (Å²) in [5, 5.41) is 2.72. The minimum absolute atomic E-state index is 0.106. The van der Waals surface area contributed by atoms with Crippen molar-refractivity contribution in [2.75, 3.05) is 25.9 Å². The van der Waals surface area contributed by atoms with Gasteiger partial charge in [0, 0.05) is 24.4 Å². The Morgan fingerprint density at radius 3 is 2.62 bits per heavy atom. The molecule has 1 aromatic rings. The van der Waals surface area contributed by atoms with Crippen LogP contribution in [0.1, 0.15) is 35.7 Å². The summed E-state index contributed by atoms with van der Waals surface area (Å²) in [7, 11) is -3.48. The molecule has 1 amide bonds. The lowest BCUT2D eigenvalue weighted by Gasteiger charge is -2.33. The summed E-state index contributed by atoms with van der Waals surface area (Å²) in [5.41, 5.74) is 0.814. The summed E-state index contributed by atoms with van der Waals surface area (Å²) in [5.74, 6) is -0.476. The summed E-state index contributed by atoms with van der Waals surface area (Å²) in [6, 6.07) is 4.08. The third-order valence-corrected chi connectivity index (χ3v) is 5.53. The lowest BCUT2D eigenvalue weighted by molar-refractivity contribution is -0.148. The van der Waals surface area contributed by atoms with Crippen molar-refractivity contribution in [1.82, 2.24) is 10.2 Å². The summed E-state index contributed by atoms with van der Waals surface area (Å²) in [6.45, 7) is 1.29. The number of amides is 1. The SMILES string of the molecule is CCc1ccc(C(=O)NC2CCCN(CC(F)(F)F)C2)cc1S(C)(=O)=O. The number of alkyl halides is 3. The third-order valence-electron chi connectivity index (χ3n) is 4.35. The van der Waals surface area contributed by atoms with E-state index in [4.69, 9.17) is 0 Å². The van der Waals surface area contributed by atoms with Crippen molar-refractivity contribution in [2.45, 2.75) is 43.3 Å². The fourth-order valence-corrected chi connectivity index (χ4v) is 4.20. The van der Waals surface area contributed by atoms with Crippen LogP contribution in [0, 0.1) is 0 Å². The maximum absolute atomic E-state index is 12.5. The van der Waals surface area contributed by atoms with Gasteiger partial charge in [0.05, 0.1) is 11.4 Å². The molecule has 146 valence electrons. The molecule has 1 aliphatic heterocycles. The van der Waals surface area contributed by atoms with Crippen LogP contribution in [0.25, 0.3) is 0 Å². The molecule has 5 nitrogen and oxygen atoms in total. The van der Waals surface area contributed by atoms with Gasteiger partial charge in [-0.1, -0.05) is 13.0 Å². The van der Waals surface area contributed by atoms with E-state index in [1.54, 1.807) is 12.1 Å². The van der Waals surface area contributed by atoms with E-state index >= 15 is 0 Å². The van der Waals surface area contributed by atoms with Gasteiger partial charge in [0.25, 0.3) is 5.91 Å². The lowest BCUT2D eigenvalue weighted by atomic mass is 10.0. The average Bonchev–Trinajstić information content (AvgIpc) is 2.52. The van der Waals surface area contributed by atoms with Crippen molar-refractivity contribution in [1.29, 1.82) is 0 Å². The molecule has 0 bridgehead atoms. The van der Waals surface area contributed by atoms with E-state index in [1.807, 2.05) is 6.92 Å². The Morgan fingerprint density at radius 2 is 2.04 bits per heavy atom. The van der Waals surface area contributed by atoms with Crippen LogP contribution < -0.4 is 5.32 Å². The van der Waals surface area contributed by atoms with Gasteiger partial charge in [-0.25, -0.2) is 8.42 Å². The van der Waals surface area contributed by atoms with E-state index in [9.17, 15) is 26.4 Å². The van der Waals surface area contributed by atoms with Crippen LogP contribution in [0.5, 0.6) is 0 Å². The summed E-state index contributed by atoms with van der Waals surface area (Å²) >= 11 is 0. The zero-order valence-corrected chi connectivity index (χ0v) is 15.6. The number of carbonyl (C=O) groups is 1. The predicted molar refractivity (Wildman–Crippen MR) is 91.9 cm³/mol. The first-order chi connectivity index (χ1) is 12.0. The van der Waals surface area contributed by atoms with Gasteiger partial charge in [0.2, 0.25) is 0 Å². The van der Waals surface area contributed by atoms with Crippen molar-refractivity contribution in [2.24, 2.45) is 0 Å². The number of carbonyl (C=O) groups excluding carboxylic acids is 1. The number of aryl methyl sites for hydroxylation is 1. The van der Waals surface area contributed by atoms with Gasteiger partial charge in [-0.2, -0.15) is 13.2 Å². The molecule has 9 heteroatoms. The highest BCUT2D eigenvalue weighted by atomic mass is 32.2. The zero-order chi connectivity index (χ0) is 19.5. The molecule has 1 atom stereocenters. The van der Waals surface area contributed by atoms with Crippen molar-refractivity contribution in [3.63, 3.8) is 0 Å². The van der Waals surface area contributed by atoms with Crippen LogP contribution in [0.2, 0.25) is 0 Å². The smallest absolute Gasteiger partial charge is 0.348 e. The van der Waals surface area contributed by atoms with Gasteiger partial charge < -0.3 is 5.32 Å². The lowest BCUT2D eigenvalue weighted by Crippen LogP contribution is -2.50. The van der Waals surface area contributed by atoms with Crippen LogP contribution in [-0.2, 0) is 16.3 Å². The Kier molecular flexibility index (Phi) is 6.33. The van der Waals surface area contributed by atoms with E-state index < -0.39 is 34.5 Å². The third kappa shape index (κ3) is 5.70. The number of benzene rings is 1. The summed E-state index contributed by atoms with van der Waals surface area (Å²) in [6.07, 6.45) is -1.53. The fourth-order valence-electron chi connectivity index (χ4n) is 3.17. The Bertz CT molecular complexity index is 763. The largest absolute Gasteiger partial charge is 0.401 e. The normalized spacial score (nSPS) is 19.3. The number of nitrogens with zero attached hydrogens (tertiary/aromatic N) is 1. The van der Waals surface area contributed by atoms with Crippen molar-refractivity contribution >= 4 is 15.7 Å². The molecule has 1 aromatic carbocycles. The number of nitrogens with one attached hydrogen (secondary N) is 1. The highest BCUT2D eigenvalue weighted by Gasteiger charge is 2.33. The Hall–Kier alpha value is -1.61. The van der Waals surface area contributed by atoms with Crippen LogP contribution in [0.4, 0.5) is 13.2 Å². The molecule has 0 spiro atoms. The fraction of sp³-hybridized carbons (Fsp3) is 0.588. The summed E-state index contributed by atoms with van der Waals surface area (Å²) < 4.78 is 61.4. The molecule has 1 fully saturated rings. The van der Waals surface area contributed by atoms with Crippen LogP contribution in [0.3, 0.4) is 0 Å². The molecule has 1 N–H and O–H groups in total. The van der Waals surface area contributed by atoms with Crippen LogP contribution >= 0.6 is 0 Å². The van der Waals surface area contributed by atoms with Gasteiger partial charge in [-0.3, -0.25) is 9.69 Å². The number of hydrogen-bond acceptors (Lipinski definition) is 4. The molecule has 1 heterocycles. The van der Waals surface area contributed by atoms with Crippen molar-refractivity contribution in [3.05, 3.63) is 29.3 Å². The Labute approximate surface area is 151 Å². The Balaban J connectivity index is 2.10. The second kappa shape index (κ2) is 7.96. The van der Waals surface area contributed by atoms with Gasteiger partial charge in [-0.05, 0) is 43.5 Å². The average molecular weight is 392 g/mol. The topological polar surface area (TPSA) is 66.5 Å². The van der Waals surface area contributed by atoms with E-state index in [0.29, 0.717) is 31.4 Å². The van der Waals surface area contributed by atoms with Crippen molar-refractivity contribution in [3.8, 4) is 0 Å². The van der Waals surface area contributed by atoms with Crippen molar-refractivity contribution < 1.29 is 26.4 Å². The molecule has 0 aliphatic carbocycles. The highest BCUT2D eigenvalue weighted by molar-refractivity contribution is 7.90. The van der Waals surface area contributed by atoms with Gasteiger partial charge in [0.15, 0.2) is 9.84 Å². The quantitative estimate of drug-likeness (QED) is 0.836. The van der Waals surface area contributed by atoms with Gasteiger partial charge >= 0.3 is 6.18 Å². The number of sulfone groups is 1. The monoisotopic (exact) mass is 392 g/mol. The summed E-state index contributed by atoms with van der Waals surface area (Å²) in [4.78, 5) is 13.8. The minimum atomic E-state index is -4.27. The van der Waals surface area contributed by atoms with Gasteiger partial charge in [-0.15, -0.1) is 0 Å². The number of halogens is 3. The zero-order valence-electron chi connectivity index (χ0n) is 14.8. The second-order valence-corrected chi connectivity index (χ2v) is 8.60. The highest BCUT2D eigenvalue weighted by Crippen LogP contribution is 2.21. The van der Waals surface area contributed by atoms with Gasteiger partial charge in [0.1, 0.15) is 0 Å². The Morgan fingerprint density at radius 1 is 1.35 bits per heavy atom. The minimum Gasteiger partial charge on any atom is -0.348 e. The van der Waals surface area contributed by atoms with E-state index in [-0.39, 0.29) is 17.0 Å². The first-order valence-corrected chi connectivity index (χ1v) is 10.3. The first-order valence-electron chi connectivity index (χ1n) is 8.42. The molecule has 0 saturated carbocycles. The van der Waals surface area contributed by atoms with E-state index in [0.717, 1.165) is 6.26 Å². The van der Waals surface area contributed by atoms with E-state index in [2.05, 4.69) is 5.32 Å².